The zero-order valence-electron chi connectivity index (χ0n) is 16.2. The molecule has 3 saturated carbocycles. The summed E-state index contributed by atoms with van der Waals surface area (Å²) in [6.07, 6.45) is 23.6. The Labute approximate surface area is 167 Å². The molecule has 0 N–H and O–H groups in total. The lowest BCUT2D eigenvalue weighted by atomic mass is 9.99. The molecule has 148 valence electrons. The topological polar surface area (TPSA) is 9.23 Å². The van der Waals surface area contributed by atoms with Crippen LogP contribution >= 0.6 is 31.1 Å². The van der Waals surface area contributed by atoms with E-state index in [1.54, 1.807) is 77.0 Å². The van der Waals surface area contributed by atoms with E-state index in [2.05, 4.69) is 4.74 Å². The van der Waals surface area contributed by atoms with Crippen molar-refractivity contribution in [3.05, 3.63) is 0 Å². The quantitative estimate of drug-likeness (QED) is 0.328. The van der Waals surface area contributed by atoms with Crippen LogP contribution < -0.4 is 0 Å². The van der Waals surface area contributed by atoms with Crippen LogP contribution in [-0.4, -0.2) is 28.6 Å². The summed E-state index contributed by atoms with van der Waals surface area (Å²) in [7, 11) is 0.385. The van der Waals surface area contributed by atoms with Gasteiger partial charge in [-0.3, -0.25) is 0 Å². The Morgan fingerprint density at radius 3 is 1.20 bits per heavy atom. The van der Waals surface area contributed by atoms with Crippen LogP contribution in [0, 0.1) is 0 Å². The minimum atomic E-state index is -0.657. The third-order valence-corrected chi connectivity index (χ3v) is 10.6. The molecule has 0 bridgehead atoms. The average Bonchev–Trinajstić information content (AvgIpc) is 2.65. The molecule has 0 amide bonds. The van der Waals surface area contributed by atoms with E-state index in [-0.39, 0.29) is 0 Å². The first-order valence-electron chi connectivity index (χ1n) is 10.9. The molecule has 0 aliphatic heterocycles. The normalized spacial score (nSPS) is 24.4. The SMILES string of the molecule is C1CCC(P(C2CCCCC2)C2CCCCC2)CC1.CCOC(Cl)Cl. The van der Waals surface area contributed by atoms with Crippen molar-refractivity contribution in [3.63, 3.8) is 0 Å². The Morgan fingerprint density at radius 1 is 0.680 bits per heavy atom. The lowest BCUT2D eigenvalue weighted by Crippen LogP contribution is -2.28. The molecule has 0 aromatic carbocycles. The number of alkyl halides is 2. The maximum atomic E-state index is 5.12. The summed E-state index contributed by atoms with van der Waals surface area (Å²) in [6, 6.07) is 0. The third-order valence-electron chi connectivity index (χ3n) is 6.28. The van der Waals surface area contributed by atoms with Crippen LogP contribution in [0.1, 0.15) is 103 Å². The molecule has 25 heavy (non-hydrogen) atoms. The fourth-order valence-electron chi connectivity index (χ4n) is 5.16. The number of rotatable bonds is 5. The van der Waals surface area contributed by atoms with Crippen LogP contribution in [0.3, 0.4) is 0 Å². The first-order valence-corrected chi connectivity index (χ1v) is 13.3. The van der Waals surface area contributed by atoms with Crippen molar-refractivity contribution in [1.82, 2.24) is 0 Å². The molecule has 0 radical (unpaired) electrons. The molecule has 0 atom stereocenters. The molecule has 4 heteroatoms. The van der Waals surface area contributed by atoms with E-state index in [0.29, 0.717) is 14.5 Å². The highest BCUT2D eigenvalue weighted by molar-refractivity contribution is 7.60. The smallest absolute Gasteiger partial charge is 0.206 e. The van der Waals surface area contributed by atoms with Crippen LogP contribution in [0.2, 0.25) is 0 Å². The molecule has 3 aliphatic carbocycles. The zero-order chi connectivity index (χ0) is 17.9. The van der Waals surface area contributed by atoms with Crippen molar-refractivity contribution in [3.8, 4) is 0 Å². The number of halogens is 2. The van der Waals surface area contributed by atoms with Gasteiger partial charge in [-0.25, -0.2) is 0 Å². The molecule has 0 aromatic heterocycles. The second-order valence-electron chi connectivity index (χ2n) is 8.04. The second kappa shape index (κ2) is 13.2. The standard InChI is InChI=1S/C18H33P.C3H6Cl2O/c1-4-10-16(11-5-1)19(17-12-6-2-7-13-17)18-14-8-3-9-15-18;1-2-6-3(4)5/h16-18H,1-15H2;3H,2H2,1H3. The van der Waals surface area contributed by atoms with Gasteiger partial charge in [-0.1, -0.05) is 88.9 Å². The monoisotopic (exact) mass is 408 g/mol. The summed E-state index contributed by atoms with van der Waals surface area (Å²) in [5, 5.41) is -0.657. The van der Waals surface area contributed by atoms with Crippen molar-refractivity contribution in [1.29, 1.82) is 0 Å². The molecular formula is C21H39Cl2OP. The van der Waals surface area contributed by atoms with Crippen LogP contribution in [0.5, 0.6) is 0 Å². The van der Waals surface area contributed by atoms with Gasteiger partial charge in [0, 0.05) is 6.61 Å². The maximum Gasteiger partial charge on any atom is 0.206 e. The predicted molar refractivity (Wildman–Crippen MR) is 115 cm³/mol. The van der Waals surface area contributed by atoms with Gasteiger partial charge < -0.3 is 4.74 Å². The highest BCUT2D eigenvalue weighted by Gasteiger charge is 2.36. The lowest BCUT2D eigenvalue weighted by Gasteiger charge is -2.44. The molecule has 0 aromatic rings. The van der Waals surface area contributed by atoms with Crippen molar-refractivity contribution in [2.24, 2.45) is 0 Å². The van der Waals surface area contributed by atoms with Crippen LogP contribution in [0.15, 0.2) is 0 Å². The van der Waals surface area contributed by atoms with Gasteiger partial charge in [0.25, 0.3) is 0 Å². The molecule has 0 heterocycles. The Bertz CT molecular complexity index is 279. The average molecular weight is 409 g/mol. The van der Waals surface area contributed by atoms with E-state index in [0.717, 1.165) is 0 Å². The first kappa shape index (κ1) is 22.3. The van der Waals surface area contributed by atoms with Gasteiger partial charge in [-0.2, -0.15) is 0 Å². The minimum Gasteiger partial charge on any atom is -0.349 e. The van der Waals surface area contributed by atoms with Crippen molar-refractivity contribution in [2.45, 2.75) is 125 Å². The van der Waals surface area contributed by atoms with E-state index in [1.807, 2.05) is 6.92 Å². The van der Waals surface area contributed by atoms with E-state index in [1.165, 1.54) is 36.2 Å². The van der Waals surface area contributed by atoms with E-state index < -0.39 is 5.02 Å². The van der Waals surface area contributed by atoms with Gasteiger partial charge in [0.2, 0.25) is 5.02 Å². The van der Waals surface area contributed by atoms with E-state index in [4.69, 9.17) is 23.2 Å². The summed E-state index contributed by atoms with van der Waals surface area (Å²) in [5.74, 6) is 0. The van der Waals surface area contributed by atoms with Crippen molar-refractivity contribution in [2.75, 3.05) is 6.61 Å². The largest absolute Gasteiger partial charge is 0.349 e. The molecule has 0 spiro atoms. The van der Waals surface area contributed by atoms with Crippen molar-refractivity contribution < 1.29 is 4.74 Å². The Hall–Kier alpha value is 0.970. The number of ether oxygens (including phenoxy) is 1. The number of hydrogen-bond acceptors (Lipinski definition) is 1. The molecule has 0 unspecified atom stereocenters. The second-order valence-corrected chi connectivity index (χ2v) is 12.1. The predicted octanol–water partition coefficient (Wildman–Crippen LogP) is 8.25. The van der Waals surface area contributed by atoms with Gasteiger partial charge in [0.15, 0.2) is 0 Å². The fraction of sp³-hybridized carbons (Fsp3) is 1.00. The lowest BCUT2D eigenvalue weighted by molar-refractivity contribution is 0.169. The van der Waals surface area contributed by atoms with Crippen LogP contribution in [0.25, 0.3) is 0 Å². The molecule has 0 saturated heterocycles. The van der Waals surface area contributed by atoms with Gasteiger partial charge in [0.1, 0.15) is 0 Å². The highest BCUT2D eigenvalue weighted by Crippen LogP contribution is 2.61. The molecule has 3 fully saturated rings. The summed E-state index contributed by atoms with van der Waals surface area (Å²) in [6.45, 7) is 2.40. The fourth-order valence-corrected chi connectivity index (χ4v) is 10.1. The summed E-state index contributed by atoms with van der Waals surface area (Å²) in [5.41, 5.74) is 3.57. The maximum absolute atomic E-state index is 5.12. The minimum absolute atomic E-state index is 0.385. The summed E-state index contributed by atoms with van der Waals surface area (Å²) < 4.78 is 4.57. The van der Waals surface area contributed by atoms with Gasteiger partial charge in [-0.15, -0.1) is 0 Å². The number of hydrogen-bond donors (Lipinski definition) is 0. The molecule has 1 nitrogen and oxygen atoms in total. The van der Waals surface area contributed by atoms with Crippen LogP contribution in [-0.2, 0) is 4.74 Å². The Kier molecular flexibility index (Phi) is 11.8. The first-order chi connectivity index (χ1) is 12.2. The van der Waals surface area contributed by atoms with Gasteiger partial charge in [-0.05, 0) is 62.4 Å². The van der Waals surface area contributed by atoms with Crippen molar-refractivity contribution >= 4 is 31.1 Å². The Morgan fingerprint density at radius 2 is 1.00 bits per heavy atom. The molecular weight excluding hydrogens is 370 g/mol. The highest BCUT2D eigenvalue weighted by atomic mass is 35.5. The van der Waals surface area contributed by atoms with E-state index >= 15 is 0 Å². The summed E-state index contributed by atoms with van der Waals surface area (Å²) in [4.78, 5) is 0. The van der Waals surface area contributed by atoms with Crippen LogP contribution in [0.4, 0.5) is 0 Å². The summed E-state index contributed by atoms with van der Waals surface area (Å²) >= 11 is 10.2. The third kappa shape index (κ3) is 8.25. The molecule has 3 aliphatic rings. The van der Waals surface area contributed by atoms with Gasteiger partial charge in [0.05, 0.1) is 0 Å². The molecule has 3 rings (SSSR count). The Balaban J connectivity index is 0.000000326. The van der Waals surface area contributed by atoms with Gasteiger partial charge >= 0.3 is 0 Å². The van der Waals surface area contributed by atoms with E-state index in [9.17, 15) is 0 Å². The zero-order valence-corrected chi connectivity index (χ0v) is 18.6.